The van der Waals surface area contributed by atoms with Crippen LogP contribution in [0.5, 0.6) is 0 Å². The molecule has 0 aromatic heterocycles. The maximum Gasteiger partial charge on any atom is 0.396 e. The molecule has 0 saturated heterocycles. The first-order valence-corrected chi connectivity index (χ1v) is 18.3. The molecule has 0 saturated carbocycles. The summed E-state index contributed by atoms with van der Waals surface area (Å²) in [6.07, 6.45) is 0. The van der Waals surface area contributed by atoms with E-state index in [0.717, 1.165) is 20.7 Å². The third-order valence-corrected chi connectivity index (χ3v) is 15.7. The Kier molecular flexibility index (Phi) is 6.94. The Bertz CT molecular complexity index is 1070. The van der Waals surface area contributed by atoms with Gasteiger partial charge in [0.1, 0.15) is 0 Å². The average molecular weight is 487 g/mol. The normalized spacial score (nSPS) is 12.5. The summed E-state index contributed by atoms with van der Waals surface area (Å²) in [5.74, 6) is 0. The van der Waals surface area contributed by atoms with Crippen molar-refractivity contribution in [2.75, 3.05) is 0 Å². The van der Waals surface area contributed by atoms with Crippen molar-refractivity contribution < 1.29 is 13.0 Å². The predicted octanol–water partition coefficient (Wildman–Crippen LogP) is 3.36. The molecule has 0 unspecified atom stereocenters. The standard InChI is InChI=1S/C27H30O3Si3/c1-31(2,3)29-33(26-20-12-6-13-21-26,27-22-14-7-15-23-27)30-32(28,24-16-8-4-9-17-24)25-18-10-5-11-19-25/h4-23,28H,1-3H3. The molecule has 33 heavy (non-hydrogen) atoms. The van der Waals surface area contributed by atoms with Crippen molar-refractivity contribution in [3.05, 3.63) is 121 Å². The van der Waals surface area contributed by atoms with Gasteiger partial charge in [-0.2, -0.15) is 0 Å². The summed E-state index contributed by atoms with van der Waals surface area (Å²) in [4.78, 5) is 12.5. The van der Waals surface area contributed by atoms with Crippen LogP contribution >= 0.6 is 0 Å². The Balaban J connectivity index is 2.00. The van der Waals surface area contributed by atoms with E-state index in [0.29, 0.717) is 0 Å². The van der Waals surface area contributed by atoms with Gasteiger partial charge in [-0.3, -0.25) is 0 Å². The zero-order valence-corrected chi connectivity index (χ0v) is 22.3. The number of benzene rings is 4. The molecule has 0 bridgehead atoms. The van der Waals surface area contributed by atoms with Crippen molar-refractivity contribution >= 4 is 46.2 Å². The van der Waals surface area contributed by atoms with Crippen LogP contribution in [0.4, 0.5) is 0 Å². The quantitative estimate of drug-likeness (QED) is 0.388. The van der Waals surface area contributed by atoms with Gasteiger partial charge in [0.2, 0.25) is 0 Å². The number of hydrogen-bond donors (Lipinski definition) is 1. The van der Waals surface area contributed by atoms with E-state index in [2.05, 4.69) is 43.9 Å². The summed E-state index contributed by atoms with van der Waals surface area (Å²) in [6, 6.07) is 39.9. The van der Waals surface area contributed by atoms with Crippen LogP contribution in [-0.4, -0.2) is 30.2 Å². The monoisotopic (exact) mass is 486 g/mol. The second kappa shape index (κ2) is 9.72. The van der Waals surface area contributed by atoms with Crippen LogP contribution in [0.2, 0.25) is 19.6 Å². The molecule has 4 rings (SSSR count). The lowest BCUT2D eigenvalue weighted by Crippen LogP contribution is -2.76. The van der Waals surface area contributed by atoms with Crippen LogP contribution in [-0.2, 0) is 8.23 Å². The van der Waals surface area contributed by atoms with Gasteiger partial charge in [-0.1, -0.05) is 121 Å². The highest BCUT2D eigenvalue weighted by Gasteiger charge is 2.54. The highest BCUT2D eigenvalue weighted by atomic mass is 28.5. The average Bonchev–Trinajstić information content (AvgIpc) is 2.85. The molecule has 0 atom stereocenters. The van der Waals surface area contributed by atoms with Gasteiger partial charge in [0, 0.05) is 0 Å². The lowest BCUT2D eigenvalue weighted by atomic mass is 10.4. The van der Waals surface area contributed by atoms with Crippen LogP contribution in [0.25, 0.3) is 0 Å². The molecule has 4 aromatic carbocycles. The molecule has 6 heteroatoms. The van der Waals surface area contributed by atoms with Crippen LogP contribution < -0.4 is 20.7 Å². The van der Waals surface area contributed by atoms with Gasteiger partial charge in [0.05, 0.1) is 0 Å². The summed E-state index contributed by atoms with van der Waals surface area (Å²) < 4.78 is 14.3. The topological polar surface area (TPSA) is 38.7 Å². The minimum Gasteiger partial charge on any atom is -0.430 e. The molecular weight excluding hydrogens is 457 g/mol. The van der Waals surface area contributed by atoms with E-state index >= 15 is 0 Å². The van der Waals surface area contributed by atoms with Crippen LogP contribution in [0.1, 0.15) is 0 Å². The van der Waals surface area contributed by atoms with Crippen molar-refractivity contribution in [3.8, 4) is 0 Å². The summed E-state index contributed by atoms with van der Waals surface area (Å²) >= 11 is 0. The van der Waals surface area contributed by atoms with E-state index in [1.165, 1.54) is 0 Å². The van der Waals surface area contributed by atoms with E-state index in [-0.39, 0.29) is 0 Å². The smallest absolute Gasteiger partial charge is 0.396 e. The molecule has 0 aliphatic heterocycles. The molecule has 0 amide bonds. The Hall–Kier alpha value is -2.59. The fourth-order valence-electron chi connectivity index (χ4n) is 3.99. The molecule has 4 aromatic rings. The van der Waals surface area contributed by atoms with Gasteiger partial charge < -0.3 is 13.0 Å². The molecule has 0 aliphatic rings. The second-order valence-corrected chi connectivity index (χ2v) is 19.7. The maximum atomic E-state index is 12.5. The van der Waals surface area contributed by atoms with Gasteiger partial charge >= 0.3 is 17.1 Å². The Labute approximate surface area is 199 Å². The Morgan fingerprint density at radius 2 is 0.758 bits per heavy atom. The molecule has 0 spiro atoms. The summed E-state index contributed by atoms with van der Waals surface area (Å²) in [5, 5.41) is 3.60. The first kappa shape index (κ1) is 23.6. The maximum absolute atomic E-state index is 12.5. The largest absolute Gasteiger partial charge is 0.430 e. The van der Waals surface area contributed by atoms with Crippen molar-refractivity contribution in [1.29, 1.82) is 0 Å². The molecule has 0 aliphatic carbocycles. The Morgan fingerprint density at radius 3 is 1.06 bits per heavy atom. The van der Waals surface area contributed by atoms with Crippen molar-refractivity contribution in [2.24, 2.45) is 0 Å². The second-order valence-electron chi connectivity index (χ2n) is 9.04. The van der Waals surface area contributed by atoms with Gasteiger partial charge in [-0.25, -0.2) is 0 Å². The zero-order valence-electron chi connectivity index (χ0n) is 19.3. The highest BCUT2D eigenvalue weighted by molar-refractivity contribution is 7.06. The fraction of sp³-hybridized carbons (Fsp3) is 0.111. The highest BCUT2D eigenvalue weighted by Crippen LogP contribution is 2.21. The predicted molar refractivity (Wildman–Crippen MR) is 144 cm³/mol. The lowest BCUT2D eigenvalue weighted by molar-refractivity contribution is 0.351. The Morgan fingerprint density at radius 1 is 0.455 bits per heavy atom. The lowest BCUT2D eigenvalue weighted by Gasteiger charge is -2.42. The molecule has 0 radical (unpaired) electrons. The first-order valence-electron chi connectivity index (χ1n) is 11.2. The molecule has 168 valence electrons. The van der Waals surface area contributed by atoms with E-state index in [4.69, 9.17) is 8.23 Å². The van der Waals surface area contributed by atoms with Gasteiger partial charge in [-0.05, 0) is 40.4 Å². The summed E-state index contributed by atoms with van der Waals surface area (Å²) in [6.45, 7) is 6.53. The minimum atomic E-state index is -3.64. The third-order valence-electron chi connectivity index (χ3n) is 5.38. The van der Waals surface area contributed by atoms with E-state index in [1.54, 1.807) is 0 Å². The molecular formula is C27H30O3Si3. The molecule has 0 fully saturated rings. The van der Waals surface area contributed by atoms with Gasteiger partial charge in [0.15, 0.2) is 8.32 Å². The van der Waals surface area contributed by atoms with Crippen molar-refractivity contribution in [2.45, 2.75) is 19.6 Å². The van der Waals surface area contributed by atoms with Crippen LogP contribution in [0.3, 0.4) is 0 Å². The SMILES string of the molecule is C[Si](C)(C)O[Si](O[Si](O)(c1ccccc1)c1ccccc1)(c1ccccc1)c1ccccc1. The van der Waals surface area contributed by atoms with Crippen LogP contribution in [0.15, 0.2) is 121 Å². The zero-order chi connectivity index (χ0) is 23.4. The molecule has 0 heterocycles. The minimum absolute atomic E-state index is 0.805. The molecule has 3 nitrogen and oxygen atoms in total. The summed E-state index contributed by atoms with van der Waals surface area (Å²) in [5.41, 5.74) is 0. The van der Waals surface area contributed by atoms with Gasteiger partial charge in [0.25, 0.3) is 0 Å². The van der Waals surface area contributed by atoms with Gasteiger partial charge in [-0.15, -0.1) is 0 Å². The van der Waals surface area contributed by atoms with E-state index in [1.807, 2.05) is 97.1 Å². The fourth-order valence-corrected chi connectivity index (χ4v) is 15.7. The number of hydrogen-bond acceptors (Lipinski definition) is 3. The first-order chi connectivity index (χ1) is 15.8. The van der Waals surface area contributed by atoms with E-state index in [9.17, 15) is 4.80 Å². The third kappa shape index (κ3) is 5.16. The number of rotatable bonds is 8. The van der Waals surface area contributed by atoms with Crippen molar-refractivity contribution in [1.82, 2.24) is 0 Å². The van der Waals surface area contributed by atoms with Crippen molar-refractivity contribution in [3.63, 3.8) is 0 Å². The molecule has 1 N–H and O–H groups in total. The van der Waals surface area contributed by atoms with Crippen LogP contribution in [0, 0.1) is 0 Å². The summed E-state index contributed by atoms with van der Waals surface area (Å²) in [7, 11) is -9.07. The van der Waals surface area contributed by atoms with E-state index < -0.39 is 25.4 Å².